The molecule has 1 nitrogen and oxygen atoms in total. The summed E-state index contributed by atoms with van der Waals surface area (Å²) in [6.07, 6.45) is -1.21. The lowest BCUT2D eigenvalue weighted by Gasteiger charge is -2.62. The van der Waals surface area contributed by atoms with E-state index in [9.17, 15) is 13.2 Å². The van der Waals surface area contributed by atoms with Crippen LogP contribution in [0.2, 0.25) is 0 Å². The molecule has 0 radical (unpaired) electrons. The van der Waals surface area contributed by atoms with Crippen LogP contribution in [0.5, 0.6) is 0 Å². The predicted octanol–water partition coefficient (Wildman–Crippen LogP) is 5.25. The second-order valence-corrected chi connectivity index (χ2v) is 8.67. The number of benzene rings is 1. The van der Waals surface area contributed by atoms with Crippen molar-refractivity contribution in [3.63, 3.8) is 0 Å². The fraction of sp³-hybridized carbons (Fsp3) is 0.647. The Hall–Kier alpha value is -0.450. The molecule has 0 N–H and O–H groups in total. The Morgan fingerprint density at radius 3 is 2.43 bits per heavy atom. The van der Waals surface area contributed by atoms with E-state index < -0.39 is 16.1 Å². The van der Waals surface area contributed by atoms with Crippen LogP contribution in [-0.2, 0) is 11.6 Å². The second kappa shape index (κ2) is 5.53. The van der Waals surface area contributed by atoms with E-state index in [0.29, 0.717) is 12.5 Å². The van der Waals surface area contributed by atoms with Crippen LogP contribution in [0, 0.1) is 5.92 Å². The van der Waals surface area contributed by atoms with Crippen LogP contribution in [-0.4, -0.2) is 29.4 Å². The summed E-state index contributed by atoms with van der Waals surface area (Å²) >= 11 is 12.8. The average Bonchev–Trinajstić information content (AvgIpc) is 2.44. The van der Waals surface area contributed by atoms with Crippen molar-refractivity contribution in [2.75, 3.05) is 14.1 Å². The van der Waals surface area contributed by atoms with E-state index in [1.165, 1.54) is 12.1 Å². The van der Waals surface area contributed by atoms with E-state index >= 15 is 0 Å². The minimum absolute atomic E-state index is 0.0121. The molecule has 2 saturated carbocycles. The van der Waals surface area contributed by atoms with Gasteiger partial charge in [-0.25, -0.2) is 0 Å². The second-order valence-electron chi connectivity index (χ2n) is 7.12. The van der Waals surface area contributed by atoms with Gasteiger partial charge in [0, 0.05) is 17.4 Å². The Morgan fingerprint density at radius 2 is 1.87 bits per heavy atom. The highest BCUT2D eigenvalue weighted by molar-refractivity contribution is 6.49. The number of rotatable bonds is 2. The molecule has 0 aliphatic heterocycles. The van der Waals surface area contributed by atoms with Crippen LogP contribution in [0.25, 0.3) is 0 Å². The molecule has 2 aliphatic carbocycles. The normalized spacial score (nSPS) is 33.2. The van der Waals surface area contributed by atoms with Crippen molar-refractivity contribution < 1.29 is 13.2 Å². The molecule has 2 fully saturated rings. The number of hydrogen-bond donors (Lipinski definition) is 0. The van der Waals surface area contributed by atoms with Crippen molar-refractivity contribution in [1.29, 1.82) is 0 Å². The summed E-state index contributed by atoms with van der Waals surface area (Å²) in [6.45, 7) is 0. The molecule has 1 aromatic carbocycles. The van der Waals surface area contributed by atoms with Gasteiger partial charge in [-0.15, -0.1) is 23.2 Å². The fourth-order valence-corrected chi connectivity index (χ4v) is 5.50. The third kappa shape index (κ3) is 2.87. The van der Waals surface area contributed by atoms with E-state index in [2.05, 4.69) is 4.90 Å². The van der Waals surface area contributed by atoms with Gasteiger partial charge in [0.05, 0.1) is 5.56 Å². The van der Waals surface area contributed by atoms with Crippen LogP contribution >= 0.6 is 23.2 Å². The van der Waals surface area contributed by atoms with Crippen LogP contribution in [0.15, 0.2) is 24.3 Å². The van der Waals surface area contributed by atoms with Crippen molar-refractivity contribution in [2.24, 2.45) is 5.92 Å². The van der Waals surface area contributed by atoms with Gasteiger partial charge in [-0.05, 0) is 51.4 Å². The van der Waals surface area contributed by atoms with Gasteiger partial charge in [-0.1, -0.05) is 18.2 Å². The zero-order chi connectivity index (χ0) is 17.0. The topological polar surface area (TPSA) is 3.24 Å². The molecule has 0 amide bonds. The lowest BCUT2D eigenvalue weighted by atomic mass is 9.49. The first-order valence-corrected chi connectivity index (χ1v) is 8.54. The lowest BCUT2D eigenvalue weighted by molar-refractivity contribution is -0.137. The highest BCUT2D eigenvalue weighted by Gasteiger charge is 2.64. The van der Waals surface area contributed by atoms with Crippen LogP contribution < -0.4 is 0 Å². The van der Waals surface area contributed by atoms with E-state index in [4.69, 9.17) is 23.2 Å². The molecular formula is C17H20Cl2F3N. The van der Waals surface area contributed by atoms with Gasteiger partial charge in [0.1, 0.15) is 4.33 Å². The van der Waals surface area contributed by atoms with Crippen LogP contribution in [0.4, 0.5) is 13.2 Å². The van der Waals surface area contributed by atoms with Crippen LogP contribution in [0.1, 0.15) is 36.8 Å². The van der Waals surface area contributed by atoms with Crippen molar-refractivity contribution in [1.82, 2.24) is 4.90 Å². The molecule has 6 heteroatoms. The highest BCUT2D eigenvalue weighted by atomic mass is 35.5. The number of alkyl halides is 5. The summed E-state index contributed by atoms with van der Waals surface area (Å²) in [4.78, 5) is 2.15. The molecular weight excluding hydrogens is 346 g/mol. The first kappa shape index (κ1) is 17.4. The molecule has 0 saturated heterocycles. The minimum atomic E-state index is -4.33. The van der Waals surface area contributed by atoms with E-state index in [1.54, 1.807) is 6.07 Å². The number of fused-ring (bicyclic) bond motifs is 1. The van der Waals surface area contributed by atoms with E-state index in [1.807, 2.05) is 14.1 Å². The number of hydrogen-bond acceptors (Lipinski definition) is 1. The van der Waals surface area contributed by atoms with Crippen LogP contribution in [0.3, 0.4) is 0 Å². The van der Waals surface area contributed by atoms with Gasteiger partial charge in [0.25, 0.3) is 0 Å². The standard InChI is InChI=1S/C17H20Cl2F3N/c1-23(2)13-6-7-14-15(9-13,10-16(14,18)19)11-4-3-5-12(8-11)17(20,21)22/h3-5,8,13-14H,6-7,9-10H2,1-2H3/t13-,14-,15-/m1/s1. The first-order valence-electron chi connectivity index (χ1n) is 7.78. The summed E-state index contributed by atoms with van der Waals surface area (Å²) in [7, 11) is 4.02. The van der Waals surface area contributed by atoms with Crippen molar-refractivity contribution in [3.05, 3.63) is 35.4 Å². The lowest BCUT2D eigenvalue weighted by Crippen LogP contribution is -2.62. The Morgan fingerprint density at radius 1 is 1.17 bits per heavy atom. The van der Waals surface area contributed by atoms with Crippen molar-refractivity contribution in [3.8, 4) is 0 Å². The van der Waals surface area contributed by atoms with Gasteiger partial charge in [0.15, 0.2) is 0 Å². The smallest absolute Gasteiger partial charge is 0.306 e. The largest absolute Gasteiger partial charge is 0.416 e. The summed E-state index contributed by atoms with van der Waals surface area (Å²) in [5.41, 5.74) is -0.227. The fourth-order valence-electron chi connectivity index (χ4n) is 4.39. The Bertz CT molecular complexity index is 600. The van der Waals surface area contributed by atoms with Crippen molar-refractivity contribution in [2.45, 2.75) is 47.6 Å². The molecule has 1 aromatic rings. The average molecular weight is 366 g/mol. The molecule has 23 heavy (non-hydrogen) atoms. The molecule has 2 aliphatic rings. The third-order valence-corrected chi connectivity index (χ3v) is 6.41. The summed E-state index contributed by atoms with van der Waals surface area (Å²) in [5.74, 6) is 0.0121. The SMILES string of the molecule is CN(C)[C@@H]1CC[C@H]2C(Cl)(Cl)C[C@@]2(c2cccc(C(F)(F)F)c2)C1. The van der Waals surface area contributed by atoms with E-state index in [0.717, 1.165) is 30.9 Å². The molecule has 0 heterocycles. The molecule has 3 atom stereocenters. The Kier molecular flexibility index (Phi) is 4.18. The first-order chi connectivity index (χ1) is 10.6. The van der Waals surface area contributed by atoms with Gasteiger partial charge in [-0.2, -0.15) is 13.2 Å². The van der Waals surface area contributed by atoms with Gasteiger partial charge in [-0.3, -0.25) is 0 Å². The summed E-state index contributed by atoms with van der Waals surface area (Å²) in [5, 5.41) is 0. The summed E-state index contributed by atoms with van der Waals surface area (Å²) in [6, 6.07) is 6.03. The Balaban J connectivity index is 2.00. The Labute approximate surface area is 144 Å². The maximum absolute atomic E-state index is 13.1. The van der Waals surface area contributed by atoms with Gasteiger partial charge >= 0.3 is 6.18 Å². The zero-order valence-electron chi connectivity index (χ0n) is 13.1. The van der Waals surface area contributed by atoms with Gasteiger partial charge in [0.2, 0.25) is 0 Å². The number of halogens is 5. The van der Waals surface area contributed by atoms with Crippen molar-refractivity contribution >= 4 is 23.2 Å². The maximum Gasteiger partial charge on any atom is 0.416 e. The molecule has 128 valence electrons. The molecule has 3 rings (SSSR count). The summed E-state index contributed by atoms with van der Waals surface area (Å²) < 4.78 is 38.4. The zero-order valence-corrected chi connectivity index (χ0v) is 14.6. The predicted molar refractivity (Wildman–Crippen MR) is 87.0 cm³/mol. The molecule has 0 bridgehead atoms. The maximum atomic E-state index is 13.1. The van der Waals surface area contributed by atoms with Gasteiger partial charge < -0.3 is 4.90 Å². The molecule has 0 spiro atoms. The number of nitrogens with zero attached hydrogens (tertiary/aromatic N) is 1. The van der Waals surface area contributed by atoms with E-state index in [-0.39, 0.29) is 11.3 Å². The highest BCUT2D eigenvalue weighted by Crippen LogP contribution is 2.66. The molecule has 0 aromatic heterocycles. The third-order valence-electron chi connectivity index (χ3n) is 5.61. The monoisotopic (exact) mass is 365 g/mol. The minimum Gasteiger partial charge on any atom is -0.306 e. The quantitative estimate of drug-likeness (QED) is 0.646. The molecule has 0 unspecified atom stereocenters.